The number of hydrogen-bond acceptors (Lipinski definition) is 10. The maximum absolute atomic E-state index is 13.0. The number of amides is 1. The molecule has 0 spiro atoms. The largest absolute Gasteiger partial charge is 0.756 e. The van der Waals surface area contributed by atoms with Gasteiger partial charge in [-0.25, -0.2) is 0 Å². The third kappa shape index (κ3) is 23.9. The van der Waals surface area contributed by atoms with E-state index in [9.17, 15) is 23.8 Å². The zero-order valence-electron chi connectivity index (χ0n) is 56.6. The van der Waals surface area contributed by atoms with E-state index in [1.807, 2.05) is 0 Å². The zero-order chi connectivity index (χ0) is 64.5. The van der Waals surface area contributed by atoms with E-state index in [0.717, 1.165) is 57.9 Å². The minimum Gasteiger partial charge on any atom is -0.756 e. The van der Waals surface area contributed by atoms with Crippen LogP contribution in [0.5, 0.6) is 0 Å². The molecule has 6 rings (SSSR count). The number of ether oxygens (including phenoxy) is 2. The van der Waals surface area contributed by atoms with E-state index in [4.69, 9.17) is 18.5 Å². The molecule has 0 aromatic heterocycles. The van der Waals surface area contributed by atoms with E-state index >= 15 is 0 Å². The number of phosphoric acid groups is 1. The van der Waals surface area contributed by atoms with Crippen molar-refractivity contribution in [3.05, 3.63) is 120 Å². The van der Waals surface area contributed by atoms with Gasteiger partial charge in [-0.3, -0.25) is 18.9 Å². The van der Waals surface area contributed by atoms with Crippen molar-refractivity contribution in [2.45, 2.75) is 264 Å². The molecule has 2 aliphatic rings. The summed E-state index contributed by atoms with van der Waals surface area (Å²) >= 11 is 0. The quantitative estimate of drug-likeness (QED) is 0.0149. The molecule has 4 aromatic carbocycles. The van der Waals surface area contributed by atoms with Gasteiger partial charge in [0.05, 0.1) is 18.6 Å². The Morgan fingerprint density at radius 3 is 1.64 bits per heavy atom. The lowest BCUT2D eigenvalue weighted by molar-refractivity contribution is -0.401. The van der Waals surface area contributed by atoms with Gasteiger partial charge in [0.1, 0.15) is 13.7 Å². The van der Waals surface area contributed by atoms with Gasteiger partial charge in [0.2, 0.25) is 11.6 Å². The number of nitrogens with one attached hydrogen (secondary N) is 1. The molecule has 2 aliphatic heterocycles. The first-order valence-electron chi connectivity index (χ1n) is 35.3. The molecule has 2 atom stereocenters. The molecule has 0 bridgehead atoms. The van der Waals surface area contributed by atoms with Crippen molar-refractivity contribution < 1.29 is 46.9 Å². The van der Waals surface area contributed by atoms with Crippen LogP contribution in [0.4, 0.5) is 11.4 Å². The van der Waals surface area contributed by atoms with Crippen LogP contribution in [0.15, 0.2) is 109 Å². The lowest BCUT2D eigenvalue weighted by Gasteiger charge is -2.27. The molecule has 0 radical (unpaired) electrons. The fourth-order valence-electron chi connectivity index (χ4n) is 13.4. The number of carbonyl (C=O) groups excluding carboxylic acids is 3. The van der Waals surface area contributed by atoms with Crippen molar-refractivity contribution in [1.29, 1.82) is 0 Å². The Kier molecular flexibility index (Phi) is 32.6. The molecule has 12 nitrogen and oxygen atoms in total. The number of allylic oxidation sites excluding steroid dienone is 6. The number of carbonyl (C=O) groups is 3. The molecule has 2 heterocycles. The number of nitrogens with zero attached hydrogens (tertiary/aromatic N) is 2. The van der Waals surface area contributed by atoms with Crippen LogP contribution in [0.2, 0.25) is 0 Å². The maximum Gasteiger partial charge on any atom is 0.306 e. The summed E-state index contributed by atoms with van der Waals surface area (Å²) in [4.78, 5) is 54.2. The van der Waals surface area contributed by atoms with Crippen molar-refractivity contribution in [2.75, 3.05) is 44.9 Å². The van der Waals surface area contributed by atoms with Gasteiger partial charge in [-0.1, -0.05) is 261 Å². The Morgan fingerprint density at radius 2 is 1.07 bits per heavy atom. The van der Waals surface area contributed by atoms with Crippen LogP contribution >= 0.6 is 7.82 Å². The predicted octanol–water partition coefficient (Wildman–Crippen LogP) is 19.4. The van der Waals surface area contributed by atoms with Crippen LogP contribution in [0.25, 0.3) is 21.5 Å². The van der Waals surface area contributed by atoms with Crippen LogP contribution in [-0.4, -0.2) is 74.2 Å². The second-order valence-electron chi connectivity index (χ2n) is 26.5. The van der Waals surface area contributed by atoms with Crippen LogP contribution < -0.4 is 15.1 Å². The SMILES string of the molecule is CCCCCCCCCCCCCCCC(=O)OC[C@H](COP(=O)([O-])OCCNC(=O)CCCCCN1C(=CC=CC=CC2=[N+](C)c3ccc4ccccc4c3C2(C)C)C(C)(C)c2c1ccc1ccccc21)OC(=O)CCCCCCCCCCCCCCC. The maximum atomic E-state index is 13.0. The highest BCUT2D eigenvalue weighted by atomic mass is 31.2. The first-order chi connectivity index (χ1) is 43.6. The number of unbranched alkanes of at least 4 members (excludes halogenated alkanes) is 26. The zero-order valence-corrected chi connectivity index (χ0v) is 57.5. The number of rotatable bonds is 47. The summed E-state index contributed by atoms with van der Waals surface area (Å²) in [6.07, 6.45) is 43.8. The Morgan fingerprint density at radius 1 is 0.567 bits per heavy atom. The number of phosphoric ester groups is 1. The van der Waals surface area contributed by atoms with Gasteiger partial charge in [0.25, 0.3) is 7.82 Å². The lowest BCUT2D eigenvalue weighted by Crippen LogP contribution is -2.31. The Hall–Kier alpha value is -5.39. The normalized spacial score (nSPS) is 15.8. The van der Waals surface area contributed by atoms with E-state index in [-0.39, 0.29) is 55.8 Å². The van der Waals surface area contributed by atoms with E-state index in [1.165, 1.54) is 171 Å². The summed E-state index contributed by atoms with van der Waals surface area (Å²) in [5.41, 5.74) is 7.15. The average Bonchev–Trinajstić information content (AvgIpc) is 1.61. The van der Waals surface area contributed by atoms with Crippen LogP contribution in [0.1, 0.15) is 258 Å². The monoisotopic (exact) mass is 1260 g/mol. The summed E-state index contributed by atoms with van der Waals surface area (Å²) in [5.74, 6) is -1.11. The summed E-state index contributed by atoms with van der Waals surface area (Å²) in [6.45, 7) is 13.3. The summed E-state index contributed by atoms with van der Waals surface area (Å²) in [5, 5.41) is 7.80. The average molecular weight is 1260 g/mol. The van der Waals surface area contributed by atoms with Crippen molar-refractivity contribution in [2.24, 2.45) is 0 Å². The summed E-state index contributed by atoms with van der Waals surface area (Å²) < 4.78 is 36.8. The molecule has 13 heteroatoms. The topological polar surface area (TPSA) is 147 Å². The van der Waals surface area contributed by atoms with Crippen LogP contribution in [-0.2, 0) is 48.3 Å². The van der Waals surface area contributed by atoms with Gasteiger partial charge in [0.15, 0.2) is 11.8 Å². The number of benzene rings is 4. The van der Waals surface area contributed by atoms with Crippen molar-refractivity contribution >= 4 is 64.3 Å². The minimum absolute atomic E-state index is 0.0358. The molecular formula is C77H114N3O9P. The molecule has 0 saturated heterocycles. The third-order valence-electron chi connectivity index (χ3n) is 18.5. The van der Waals surface area contributed by atoms with E-state index < -0.39 is 32.5 Å². The Balaban J connectivity index is 0.919. The van der Waals surface area contributed by atoms with E-state index in [2.05, 4.69) is 167 Å². The van der Waals surface area contributed by atoms with Crippen LogP contribution in [0.3, 0.4) is 0 Å². The standard InChI is InChI=1S/C77H114N3O9P/c1-8-10-12-14-16-18-20-22-24-26-28-30-37-51-72(82)86-60-64(89-73(83)52-38-31-29-27-25-23-21-19-17-15-13-11-9-2)61-88-90(84,85)87-59-57-78-71(81)50-36-33-43-58-80-68-56-54-63-45-40-42-47-66(63)75(68)77(5,6)70(80)49-35-32-34-48-69-76(3,4)74-65-46-41-39-44-62(65)53-55-67(74)79(69)7/h32,34-35,39-42,44-49,53-56,64H,8-31,33,36-38,43,50-52,57-61H2,1-7H3,(H-,78,81,84,85)/t64-/m1/s1. The van der Waals surface area contributed by atoms with Gasteiger partial charge in [-0.15, -0.1) is 0 Å². The second-order valence-corrected chi connectivity index (χ2v) is 27.9. The molecule has 0 saturated carbocycles. The lowest BCUT2D eigenvalue weighted by atomic mass is 9.79. The molecule has 4 aromatic rings. The predicted molar refractivity (Wildman–Crippen MR) is 371 cm³/mol. The number of esters is 2. The summed E-state index contributed by atoms with van der Waals surface area (Å²) in [7, 11) is -2.72. The van der Waals surface area contributed by atoms with Crippen molar-refractivity contribution in [3.8, 4) is 0 Å². The molecule has 1 amide bonds. The smallest absolute Gasteiger partial charge is 0.306 e. The van der Waals surface area contributed by atoms with Crippen molar-refractivity contribution in [3.63, 3.8) is 0 Å². The molecule has 1 N–H and O–H groups in total. The highest BCUT2D eigenvalue weighted by Gasteiger charge is 2.44. The van der Waals surface area contributed by atoms with Gasteiger partial charge >= 0.3 is 11.9 Å². The second kappa shape index (κ2) is 39.9. The summed E-state index contributed by atoms with van der Waals surface area (Å²) in [6, 6.07) is 26.1. The number of fused-ring (bicyclic) bond motifs is 6. The minimum atomic E-state index is -4.88. The molecule has 0 fully saturated rings. The Bertz CT molecular complexity index is 3010. The third-order valence-corrected chi connectivity index (χ3v) is 19.4. The number of anilines is 1. The molecule has 1 unspecified atom stereocenters. The first kappa shape index (κ1) is 73.7. The number of hydrogen-bond donors (Lipinski definition) is 1. The molecule has 496 valence electrons. The molecule has 0 aliphatic carbocycles. The molecular weight excluding hydrogens is 1140 g/mol. The van der Waals surface area contributed by atoms with Crippen molar-refractivity contribution in [1.82, 2.24) is 5.32 Å². The highest BCUT2D eigenvalue weighted by Crippen LogP contribution is 2.51. The fourth-order valence-corrected chi connectivity index (χ4v) is 14.1. The van der Waals surface area contributed by atoms with E-state index in [0.29, 0.717) is 19.3 Å². The fraction of sp³-hybridized carbons (Fsp3) is 0.610. The van der Waals surface area contributed by atoms with Gasteiger partial charge in [0, 0.05) is 66.9 Å². The van der Waals surface area contributed by atoms with E-state index in [1.54, 1.807) is 0 Å². The molecule has 90 heavy (non-hydrogen) atoms. The van der Waals surface area contributed by atoms with Gasteiger partial charge in [-0.05, 0) is 84.8 Å². The Labute approximate surface area is 542 Å². The van der Waals surface area contributed by atoms with Gasteiger partial charge < -0.3 is 33.6 Å². The van der Waals surface area contributed by atoms with Gasteiger partial charge in [-0.2, -0.15) is 4.58 Å². The highest BCUT2D eigenvalue weighted by molar-refractivity contribution is 7.45. The van der Waals surface area contributed by atoms with Crippen LogP contribution in [0, 0.1) is 0 Å². The first-order valence-corrected chi connectivity index (χ1v) is 36.8.